The number of rotatable bonds is 8. The van der Waals surface area contributed by atoms with E-state index in [1.165, 1.54) is 28.5 Å². The molecule has 35 heavy (non-hydrogen) atoms. The number of benzene rings is 3. The minimum Gasteiger partial charge on any atom is -0.272 e. The number of nitrogens with zero attached hydrogens (tertiary/aromatic N) is 4. The molecule has 4 rings (SSSR count). The van der Waals surface area contributed by atoms with Crippen LogP contribution in [0.1, 0.15) is 42.0 Å². The molecule has 0 aliphatic carbocycles. The molecule has 0 atom stereocenters. The van der Waals surface area contributed by atoms with Gasteiger partial charge in [-0.15, -0.1) is 10.2 Å². The highest BCUT2D eigenvalue weighted by atomic mass is 32.2. The summed E-state index contributed by atoms with van der Waals surface area (Å²) in [4.78, 5) is 12.5. The van der Waals surface area contributed by atoms with Gasteiger partial charge in [0, 0.05) is 11.3 Å². The maximum Gasteiger partial charge on any atom is 0.250 e. The molecule has 6 nitrogen and oxygen atoms in total. The molecule has 0 fully saturated rings. The first-order chi connectivity index (χ1) is 16.9. The number of hydrogen-bond acceptors (Lipinski definition) is 5. The third-order valence-corrected chi connectivity index (χ3v) is 6.50. The molecular formula is C28H29N5OS. The highest BCUT2D eigenvalue weighted by Crippen LogP contribution is 2.28. The van der Waals surface area contributed by atoms with Crippen molar-refractivity contribution in [2.75, 3.05) is 5.75 Å². The van der Waals surface area contributed by atoms with Crippen molar-refractivity contribution in [2.24, 2.45) is 5.10 Å². The van der Waals surface area contributed by atoms with Gasteiger partial charge in [0.1, 0.15) is 0 Å². The summed E-state index contributed by atoms with van der Waals surface area (Å²) >= 11 is 1.33. The molecule has 3 aromatic carbocycles. The second kappa shape index (κ2) is 11.1. The van der Waals surface area contributed by atoms with Gasteiger partial charge in [-0.3, -0.25) is 9.36 Å². The Morgan fingerprint density at radius 2 is 1.57 bits per heavy atom. The number of carbonyl (C=O) groups is 1. The highest BCUT2D eigenvalue weighted by Gasteiger charge is 2.17. The average molecular weight is 484 g/mol. The Balaban J connectivity index is 1.47. The van der Waals surface area contributed by atoms with Gasteiger partial charge in [0.2, 0.25) is 0 Å². The number of nitrogens with one attached hydrogen (secondary N) is 1. The normalized spacial score (nSPS) is 11.3. The number of amides is 1. The lowest BCUT2D eigenvalue weighted by Crippen LogP contribution is -2.20. The van der Waals surface area contributed by atoms with Gasteiger partial charge in [0.25, 0.3) is 5.91 Å². The first kappa shape index (κ1) is 24.4. The zero-order chi connectivity index (χ0) is 24.8. The minimum absolute atomic E-state index is 0.168. The van der Waals surface area contributed by atoms with Crippen LogP contribution in [-0.4, -0.2) is 32.6 Å². The molecule has 1 amide bonds. The van der Waals surface area contributed by atoms with Crippen molar-refractivity contribution in [1.82, 2.24) is 20.2 Å². The highest BCUT2D eigenvalue weighted by molar-refractivity contribution is 7.99. The fraction of sp³-hybridized carbons (Fsp3) is 0.214. The molecule has 4 aromatic rings. The van der Waals surface area contributed by atoms with Crippen molar-refractivity contribution in [3.05, 3.63) is 95.1 Å². The van der Waals surface area contributed by atoms with E-state index in [1.54, 1.807) is 6.21 Å². The molecule has 1 N–H and O–H groups in total. The molecule has 0 unspecified atom stereocenters. The number of carbonyl (C=O) groups excluding carboxylic acids is 1. The van der Waals surface area contributed by atoms with E-state index in [0.29, 0.717) is 11.1 Å². The summed E-state index contributed by atoms with van der Waals surface area (Å²) in [5.41, 5.74) is 9.07. The quantitative estimate of drug-likeness (QED) is 0.192. The third kappa shape index (κ3) is 6.25. The Hall–Kier alpha value is -3.71. The molecule has 0 saturated heterocycles. The Kier molecular flexibility index (Phi) is 7.77. The Labute approximate surface area is 210 Å². The molecule has 0 aliphatic heterocycles. The first-order valence-corrected chi connectivity index (χ1v) is 12.5. The Morgan fingerprint density at radius 3 is 2.20 bits per heavy atom. The van der Waals surface area contributed by atoms with Crippen LogP contribution in [0.5, 0.6) is 0 Å². The molecule has 1 heterocycles. The van der Waals surface area contributed by atoms with Gasteiger partial charge in [0.05, 0.1) is 12.0 Å². The molecule has 1 aromatic heterocycles. The summed E-state index contributed by atoms with van der Waals surface area (Å²) in [5, 5.41) is 13.6. The van der Waals surface area contributed by atoms with Gasteiger partial charge in [0.15, 0.2) is 11.0 Å². The van der Waals surface area contributed by atoms with E-state index in [4.69, 9.17) is 0 Å². The molecule has 0 spiro atoms. The van der Waals surface area contributed by atoms with Gasteiger partial charge in [-0.2, -0.15) is 5.10 Å². The molecular weight excluding hydrogens is 454 g/mol. The van der Waals surface area contributed by atoms with Crippen LogP contribution >= 0.6 is 11.8 Å². The van der Waals surface area contributed by atoms with E-state index in [-0.39, 0.29) is 11.7 Å². The zero-order valence-corrected chi connectivity index (χ0v) is 21.2. The van der Waals surface area contributed by atoms with E-state index < -0.39 is 0 Å². The molecule has 0 bridgehead atoms. The van der Waals surface area contributed by atoms with Crippen molar-refractivity contribution in [1.29, 1.82) is 0 Å². The van der Waals surface area contributed by atoms with Crippen molar-refractivity contribution in [2.45, 2.75) is 38.8 Å². The maximum absolute atomic E-state index is 12.5. The van der Waals surface area contributed by atoms with Crippen LogP contribution < -0.4 is 5.43 Å². The maximum atomic E-state index is 12.5. The fourth-order valence-corrected chi connectivity index (χ4v) is 4.23. The minimum atomic E-state index is -0.208. The Bertz CT molecular complexity index is 1310. The van der Waals surface area contributed by atoms with Crippen LogP contribution in [0.15, 0.2) is 83.1 Å². The third-order valence-electron chi connectivity index (χ3n) is 5.57. The number of thioether (sulfide) groups is 1. The molecule has 0 aliphatic rings. The van der Waals surface area contributed by atoms with Crippen LogP contribution in [0.3, 0.4) is 0 Å². The van der Waals surface area contributed by atoms with Gasteiger partial charge in [-0.1, -0.05) is 97.4 Å². The van der Waals surface area contributed by atoms with Gasteiger partial charge < -0.3 is 0 Å². The first-order valence-electron chi connectivity index (χ1n) is 11.5. The zero-order valence-electron chi connectivity index (χ0n) is 20.4. The number of hydrogen-bond donors (Lipinski definition) is 1. The van der Waals surface area contributed by atoms with Gasteiger partial charge in [-0.25, -0.2) is 5.43 Å². The second-order valence-electron chi connectivity index (χ2n) is 8.75. The molecule has 0 radical (unpaired) electrons. The number of aromatic nitrogens is 3. The van der Waals surface area contributed by atoms with E-state index >= 15 is 0 Å². The second-order valence-corrected chi connectivity index (χ2v) is 9.69. The number of hydrazone groups is 1. The molecule has 0 saturated carbocycles. The van der Waals surface area contributed by atoms with Crippen LogP contribution in [-0.2, 0) is 4.79 Å². The van der Waals surface area contributed by atoms with Crippen molar-refractivity contribution >= 4 is 23.9 Å². The summed E-state index contributed by atoms with van der Waals surface area (Å²) in [6.45, 7) is 8.42. The lowest BCUT2D eigenvalue weighted by molar-refractivity contribution is -0.118. The van der Waals surface area contributed by atoms with E-state index in [2.05, 4.69) is 84.8 Å². The summed E-state index contributed by atoms with van der Waals surface area (Å²) in [6, 6.07) is 24.5. The summed E-state index contributed by atoms with van der Waals surface area (Å²) in [6.07, 6.45) is 1.65. The summed E-state index contributed by atoms with van der Waals surface area (Å²) in [5.74, 6) is 1.17. The van der Waals surface area contributed by atoms with E-state index in [0.717, 1.165) is 22.6 Å². The van der Waals surface area contributed by atoms with Crippen molar-refractivity contribution in [3.8, 4) is 17.1 Å². The van der Waals surface area contributed by atoms with Crippen LogP contribution in [0.2, 0.25) is 0 Å². The lowest BCUT2D eigenvalue weighted by atomic mass is 10.0. The average Bonchev–Trinajstić information content (AvgIpc) is 3.28. The fourth-order valence-electron chi connectivity index (χ4n) is 3.49. The van der Waals surface area contributed by atoms with Crippen LogP contribution in [0.4, 0.5) is 0 Å². The smallest absolute Gasteiger partial charge is 0.250 e. The van der Waals surface area contributed by atoms with Gasteiger partial charge >= 0.3 is 0 Å². The Morgan fingerprint density at radius 1 is 0.943 bits per heavy atom. The summed E-state index contributed by atoms with van der Waals surface area (Å²) in [7, 11) is 0. The van der Waals surface area contributed by atoms with Gasteiger partial charge in [-0.05, 0) is 43.0 Å². The van der Waals surface area contributed by atoms with Crippen molar-refractivity contribution in [3.63, 3.8) is 0 Å². The van der Waals surface area contributed by atoms with Crippen molar-refractivity contribution < 1.29 is 4.79 Å². The molecule has 178 valence electrons. The molecule has 7 heteroatoms. The van der Waals surface area contributed by atoms with E-state index in [1.807, 2.05) is 41.0 Å². The predicted octanol–water partition coefficient (Wildman–Crippen LogP) is 5.92. The number of aryl methyl sites for hydroxylation is 2. The summed E-state index contributed by atoms with van der Waals surface area (Å²) < 4.78 is 1.99. The largest absolute Gasteiger partial charge is 0.272 e. The lowest BCUT2D eigenvalue weighted by Gasteiger charge is -2.11. The topological polar surface area (TPSA) is 72.2 Å². The van der Waals surface area contributed by atoms with Crippen LogP contribution in [0, 0.1) is 13.8 Å². The van der Waals surface area contributed by atoms with Crippen LogP contribution in [0.25, 0.3) is 17.1 Å². The van der Waals surface area contributed by atoms with E-state index in [9.17, 15) is 4.79 Å². The predicted molar refractivity (Wildman–Crippen MR) is 143 cm³/mol. The SMILES string of the molecule is Cc1ccc(-c2nnc(SCC(=O)NN=Cc3ccc(C(C)C)cc3)n2-c2ccc(C)cc2)cc1. The standard InChI is InChI=1S/C28H29N5OS/c1-19(2)23-13-9-22(10-14-23)17-29-30-26(34)18-35-28-32-31-27(24-11-5-20(3)6-12-24)33(28)25-15-7-21(4)8-16-25/h5-17,19H,18H2,1-4H3,(H,30,34). The monoisotopic (exact) mass is 483 g/mol.